The summed E-state index contributed by atoms with van der Waals surface area (Å²) in [5.41, 5.74) is -0.823. The normalized spacial score (nSPS) is 17.8. The number of likely N-dealkylation sites (N-methyl/N-ethyl adjacent to an activating group) is 2. The Bertz CT molecular complexity index is 956. The number of carbonyl (C=O) groups is 1. The topological polar surface area (TPSA) is 94.9 Å². The number of hydrogen-bond donors (Lipinski definition) is 1. The lowest BCUT2D eigenvalue weighted by Gasteiger charge is -2.29. The number of aliphatic imine (C=N–C) groups is 2. The highest BCUT2D eigenvalue weighted by Gasteiger charge is 2.34. The third-order valence-corrected chi connectivity index (χ3v) is 5.92. The molecule has 39 heavy (non-hydrogen) atoms. The smallest absolute Gasteiger partial charge is 0.380 e. The van der Waals surface area contributed by atoms with Crippen LogP contribution in [0.1, 0.15) is 17.5 Å². The molecule has 1 aromatic heterocycles. The molecule has 10 nitrogen and oxygen atoms in total. The van der Waals surface area contributed by atoms with Crippen LogP contribution < -0.4 is 5.32 Å². The van der Waals surface area contributed by atoms with E-state index in [-0.39, 0.29) is 17.2 Å². The molecule has 0 atom stereocenters. The van der Waals surface area contributed by atoms with Gasteiger partial charge in [0, 0.05) is 70.4 Å². The van der Waals surface area contributed by atoms with E-state index in [1.54, 1.807) is 13.1 Å². The predicted octanol–water partition coefficient (Wildman–Crippen LogP) is 1.89. The molecule has 1 amide bonds. The second-order valence-corrected chi connectivity index (χ2v) is 9.16. The molecule has 0 bridgehead atoms. The van der Waals surface area contributed by atoms with Crippen LogP contribution in [0, 0.1) is 0 Å². The van der Waals surface area contributed by atoms with Crippen molar-refractivity contribution < 1.29 is 27.4 Å². The third kappa shape index (κ3) is 11.8. The number of pyridine rings is 1. The molecule has 2 saturated heterocycles. The van der Waals surface area contributed by atoms with Crippen LogP contribution in [-0.4, -0.2) is 132 Å². The fourth-order valence-electron chi connectivity index (χ4n) is 3.90. The molecule has 2 fully saturated rings. The molecule has 0 aromatic carbocycles. The number of rotatable bonds is 8. The molecule has 1 N–H and O–H groups in total. The highest BCUT2D eigenvalue weighted by molar-refractivity contribution is 5.99. The molecule has 0 saturated carbocycles. The number of amidine groups is 1. The Hall–Kier alpha value is -2.87. The summed E-state index contributed by atoms with van der Waals surface area (Å²) in [5, 5.41) is 2.52. The van der Waals surface area contributed by atoms with Gasteiger partial charge in [0.2, 0.25) is 5.91 Å². The van der Waals surface area contributed by atoms with Gasteiger partial charge < -0.3 is 24.6 Å². The first-order chi connectivity index (χ1) is 18.7. The highest BCUT2D eigenvalue weighted by atomic mass is 19.4. The number of alkyl halides is 3. The number of ether oxygens (including phenoxy) is 2. The molecule has 0 spiro atoms. The molecule has 2 aliphatic heterocycles. The lowest BCUT2D eigenvalue weighted by Crippen LogP contribution is -2.40. The number of hydrogen-bond acceptors (Lipinski definition) is 8. The molecule has 0 radical (unpaired) electrons. The standard InChI is InChI=1S/C21H28F3N5O2.C5H12N2O/c1-25-19(17-16-26-4-3-18(17)21(22,23)24)15-20(29-9-13-31-14-10-29)27-5-7-28-6-2-11-30-12-8-28;1-6-5(8)4-7(2)3/h3-4,15-16H,1-2,5-14H2;4H2,1-3H3,(H,6,8)/b19-15-,27-20?;. The average molecular weight is 556 g/mol. The van der Waals surface area contributed by atoms with Gasteiger partial charge in [0.15, 0.2) is 0 Å². The third-order valence-electron chi connectivity index (χ3n) is 5.92. The van der Waals surface area contributed by atoms with Crippen LogP contribution in [0.2, 0.25) is 0 Å². The Labute approximate surface area is 228 Å². The van der Waals surface area contributed by atoms with Crippen molar-refractivity contribution in [3.8, 4) is 0 Å². The maximum atomic E-state index is 13.5. The number of halogens is 3. The minimum absolute atomic E-state index is 0.0509. The first kappa shape index (κ1) is 32.3. The van der Waals surface area contributed by atoms with Gasteiger partial charge in [-0.05, 0) is 33.3 Å². The van der Waals surface area contributed by atoms with E-state index >= 15 is 0 Å². The summed E-state index contributed by atoms with van der Waals surface area (Å²) < 4.78 is 51.4. The van der Waals surface area contributed by atoms with Crippen molar-refractivity contribution in [1.82, 2.24) is 25.0 Å². The van der Waals surface area contributed by atoms with E-state index in [4.69, 9.17) is 14.5 Å². The fourth-order valence-corrected chi connectivity index (χ4v) is 3.90. The van der Waals surface area contributed by atoms with E-state index in [1.165, 1.54) is 0 Å². The van der Waals surface area contributed by atoms with Crippen molar-refractivity contribution in [2.75, 3.05) is 93.4 Å². The summed E-state index contributed by atoms with van der Waals surface area (Å²) in [5.74, 6) is 0.628. The largest absolute Gasteiger partial charge is 0.417 e. The molecule has 2 aliphatic rings. The van der Waals surface area contributed by atoms with Gasteiger partial charge >= 0.3 is 6.18 Å². The number of nitrogens with zero attached hydrogens (tertiary/aromatic N) is 6. The summed E-state index contributed by atoms with van der Waals surface area (Å²) >= 11 is 0. The minimum Gasteiger partial charge on any atom is -0.380 e. The summed E-state index contributed by atoms with van der Waals surface area (Å²) in [4.78, 5) is 29.0. The number of carbonyl (C=O) groups excluding carboxylic acids is 1. The van der Waals surface area contributed by atoms with E-state index < -0.39 is 11.7 Å². The molecule has 3 heterocycles. The number of aromatic nitrogens is 1. The summed E-state index contributed by atoms with van der Waals surface area (Å²) in [6, 6.07) is 0.946. The van der Waals surface area contributed by atoms with Crippen molar-refractivity contribution in [2.24, 2.45) is 9.98 Å². The molecule has 13 heteroatoms. The van der Waals surface area contributed by atoms with Gasteiger partial charge in [0.25, 0.3) is 0 Å². The number of morpholine rings is 1. The Morgan fingerprint density at radius 2 is 1.87 bits per heavy atom. The van der Waals surface area contributed by atoms with Crippen molar-refractivity contribution in [1.29, 1.82) is 0 Å². The molecule has 218 valence electrons. The zero-order valence-electron chi connectivity index (χ0n) is 23.0. The maximum Gasteiger partial charge on any atom is 0.417 e. The number of nitrogens with one attached hydrogen (secondary N) is 1. The van der Waals surface area contributed by atoms with Crippen LogP contribution in [-0.2, 0) is 20.4 Å². The monoisotopic (exact) mass is 555 g/mol. The highest BCUT2D eigenvalue weighted by Crippen LogP contribution is 2.34. The van der Waals surface area contributed by atoms with Gasteiger partial charge in [-0.15, -0.1) is 0 Å². The van der Waals surface area contributed by atoms with E-state index in [0.717, 1.165) is 51.1 Å². The molecule has 1 aromatic rings. The van der Waals surface area contributed by atoms with Gasteiger partial charge in [-0.25, -0.2) is 0 Å². The Balaban J connectivity index is 0.000000580. The van der Waals surface area contributed by atoms with E-state index in [2.05, 4.69) is 26.9 Å². The van der Waals surface area contributed by atoms with E-state index in [1.807, 2.05) is 23.9 Å². The zero-order chi connectivity index (χ0) is 28.7. The molecular formula is C26H40F3N7O3. The van der Waals surface area contributed by atoms with Gasteiger partial charge in [0.05, 0.1) is 44.2 Å². The lowest BCUT2D eigenvalue weighted by molar-refractivity contribution is -0.137. The first-order valence-electron chi connectivity index (χ1n) is 12.9. The van der Waals surface area contributed by atoms with Crippen LogP contribution in [0.4, 0.5) is 13.2 Å². The van der Waals surface area contributed by atoms with E-state index in [0.29, 0.717) is 51.8 Å². The van der Waals surface area contributed by atoms with Crippen molar-refractivity contribution >= 4 is 24.2 Å². The second-order valence-electron chi connectivity index (χ2n) is 9.16. The van der Waals surface area contributed by atoms with Crippen LogP contribution in [0.5, 0.6) is 0 Å². The van der Waals surface area contributed by atoms with Gasteiger partial charge in [-0.3, -0.25) is 24.7 Å². The SMILES string of the molecule is C=N/C(=C\C(=NCCN1CCCOCC1)N1CCOCC1)c1cnccc1C(F)(F)F.CNC(=O)CN(C)C. The molecule has 3 rings (SSSR count). The number of amides is 1. The molecular weight excluding hydrogens is 515 g/mol. The molecule has 0 unspecified atom stereocenters. The van der Waals surface area contributed by atoms with Crippen LogP contribution in [0.15, 0.2) is 34.5 Å². The minimum atomic E-state index is -4.52. The zero-order valence-corrected chi connectivity index (χ0v) is 23.0. The second kappa shape index (κ2) is 17.0. The van der Waals surface area contributed by atoms with Gasteiger partial charge in [0.1, 0.15) is 5.84 Å². The average Bonchev–Trinajstić information content (AvgIpc) is 3.19. The Morgan fingerprint density at radius 3 is 2.49 bits per heavy atom. The van der Waals surface area contributed by atoms with Crippen LogP contribution >= 0.6 is 0 Å². The van der Waals surface area contributed by atoms with Crippen molar-refractivity contribution in [3.05, 3.63) is 35.7 Å². The quantitative estimate of drug-likeness (QED) is 0.387. The summed E-state index contributed by atoms with van der Waals surface area (Å²) in [6.45, 7) is 10.8. The van der Waals surface area contributed by atoms with Gasteiger partial charge in [-0.2, -0.15) is 13.2 Å². The Kier molecular flexibility index (Phi) is 14.1. The lowest BCUT2D eigenvalue weighted by atomic mass is 10.1. The van der Waals surface area contributed by atoms with E-state index in [9.17, 15) is 18.0 Å². The predicted molar refractivity (Wildman–Crippen MR) is 146 cm³/mol. The van der Waals surface area contributed by atoms with Crippen LogP contribution in [0.3, 0.4) is 0 Å². The first-order valence-corrected chi connectivity index (χ1v) is 12.9. The summed E-state index contributed by atoms with van der Waals surface area (Å²) in [6.07, 6.45) is 0.307. The maximum absolute atomic E-state index is 13.5. The summed E-state index contributed by atoms with van der Waals surface area (Å²) in [7, 11) is 5.34. The Morgan fingerprint density at radius 1 is 1.18 bits per heavy atom. The van der Waals surface area contributed by atoms with Gasteiger partial charge in [-0.1, -0.05) is 0 Å². The fraction of sp³-hybridized carbons (Fsp3) is 0.615. The van der Waals surface area contributed by atoms with Crippen molar-refractivity contribution in [3.63, 3.8) is 0 Å². The van der Waals surface area contributed by atoms with Crippen molar-refractivity contribution in [2.45, 2.75) is 12.6 Å². The molecule has 0 aliphatic carbocycles. The van der Waals surface area contributed by atoms with Crippen LogP contribution in [0.25, 0.3) is 5.70 Å².